The van der Waals surface area contributed by atoms with Gasteiger partial charge in [-0.2, -0.15) is 0 Å². The number of nitrogens with one attached hydrogen (secondary N) is 1. The Labute approximate surface area is 169 Å². The van der Waals surface area contributed by atoms with Crippen LogP contribution in [0.25, 0.3) is 20.9 Å². The van der Waals surface area contributed by atoms with Gasteiger partial charge < -0.3 is 10.1 Å². The molecule has 0 radical (unpaired) electrons. The first-order valence-electron chi connectivity index (χ1n) is 8.74. The van der Waals surface area contributed by atoms with Crippen LogP contribution < -0.4 is 10.1 Å². The highest BCUT2D eigenvalue weighted by atomic mass is 32.1. The standard InChI is InChI=1S/C21H15F2N3O2S/c1-12(28-18-8-7-14(22)11-16(18)23)19(27)25-15-5-2-4-13(10-15)20-26-17-6-3-9-24-21(17)29-20/h2-12H,1H3,(H,25,27). The summed E-state index contributed by atoms with van der Waals surface area (Å²) in [5.41, 5.74) is 2.20. The van der Waals surface area contributed by atoms with Gasteiger partial charge in [0, 0.05) is 23.5 Å². The molecule has 146 valence electrons. The number of halogens is 2. The molecule has 0 saturated carbocycles. The number of benzene rings is 2. The van der Waals surface area contributed by atoms with Gasteiger partial charge in [-0.15, -0.1) is 0 Å². The van der Waals surface area contributed by atoms with E-state index in [2.05, 4.69) is 15.3 Å². The summed E-state index contributed by atoms with van der Waals surface area (Å²) in [6.45, 7) is 1.49. The van der Waals surface area contributed by atoms with E-state index in [0.717, 1.165) is 33.1 Å². The number of aromatic nitrogens is 2. The van der Waals surface area contributed by atoms with E-state index in [9.17, 15) is 13.6 Å². The highest BCUT2D eigenvalue weighted by molar-refractivity contribution is 7.21. The first-order valence-corrected chi connectivity index (χ1v) is 9.56. The number of pyridine rings is 1. The summed E-state index contributed by atoms with van der Waals surface area (Å²) in [6, 6.07) is 13.9. The molecular weight excluding hydrogens is 396 g/mol. The third-order valence-electron chi connectivity index (χ3n) is 4.11. The highest BCUT2D eigenvalue weighted by Gasteiger charge is 2.18. The van der Waals surface area contributed by atoms with Gasteiger partial charge in [0.1, 0.15) is 21.2 Å². The maximum Gasteiger partial charge on any atom is 0.265 e. The maximum atomic E-state index is 13.7. The van der Waals surface area contributed by atoms with Crippen LogP contribution in [-0.2, 0) is 4.79 Å². The zero-order valence-electron chi connectivity index (χ0n) is 15.2. The minimum Gasteiger partial charge on any atom is -0.478 e. The Balaban J connectivity index is 1.49. The molecule has 0 bridgehead atoms. The number of anilines is 1. The molecule has 8 heteroatoms. The molecule has 2 aromatic carbocycles. The highest BCUT2D eigenvalue weighted by Crippen LogP contribution is 2.30. The molecule has 0 fully saturated rings. The second kappa shape index (κ2) is 7.92. The third-order valence-corrected chi connectivity index (χ3v) is 5.14. The van der Waals surface area contributed by atoms with Crippen LogP contribution in [0.4, 0.5) is 14.5 Å². The van der Waals surface area contributed by atoms with E-state index >= 15 is 0 Å². The number of rotatable bonds is 5. The van der Waals surface area contributed by atoms with E-state index in [0.29, 0.717) is 11.8 Å². The second-order valence-corrected chi connectivity index (χ2v) is 7.23. The molecule has 4 rings (SSSR count). The average molecular weight is 411 g/mol. The molecule has 1 unspecified atom stereocenters. The van der Waals surface area contributed by atoms with Crippen molar-refractivity contribution >= 4 is 33.3 Å². The molecule has 5 nitrogen and oxygen atoms in total. The molecule has 1 N–H and O–H groups in total. The van der Waals surface area contributed by atoms with Crippen molar-refractivity contribution in [3.63, 3.8) is 0 Å². The Morgan fingerprint density at radius 2 is 2.00 bits per heavy atom. The van der Waals surface area contributed by atoms with Gasteiger partial charge in [0.15, 0.2) is 17.7 Å². The van der Waals surface area contributed by atoms with Crippen LogP contribution in [0.3, 0.4) is 0 Å². The van der Waals surface area contributed by atoms with Gasteiger partial charge >= 0.3 is 0 Å². The van der Waals surface area contributed by atoms with Crippen molar-refractivity contribution in [2.24, 2.45) is 0 Å². The topological polar surface area (TPSA) is 64.1 Å². The van der Waals surface area contributed by atoms with Crippen LogP contribution in [0, 0.1) is 11.6 Å². The molecule has 1 atom stereocenters. The van der Waals surface area contributed by atoms with Crippen molar-refractivity contribution in [2.45, 2.75) is 13.0 Å². The predicted molar refractivity (Wildman–Crippen MR) is 108 cm³/mol. The molecule has 0 aliphatic carbocycles. The van der Waals surface area contributed by atoms with Crippen LogP contribution >= 0.6 is 11.3 Å². The Morgan fingerprint density at radius 3 is 2.79 bits per heavy atom. The molecule has 2 aromatic heterocycles. The normalized spacial score (nSPS) is 12.0. The summed E-state index contributed by atoms with van der Waals surface area (Å²) in [6.07, 6.45) is 0.733. The average Bonchev–Trinajstić information content (AvgIpc) is 3.14. The molecule has 29 heavy (non-hydrogen) atoms. The van der Waals surface area contributed by atoms with Crippen molar-refractivity contribution < 1.29 is 18.3 Å². The van der Waals surface area contributed by atoms with Crippen LogP contribution in [0.1, 0.15) is 6.92 Å². The largest absolute Gasteiger partial charge is 0.478 e. The lowest BCUT2D eigenvalue weighted by molar-refractivity contribution is -0.122. The molecule has 4 aromatic rings. The molecule has 1 amide bonds. The number of thiazole rings is 1. The summed E-state index contributed by atoms with van der Waals surface area (Å²) in [4.78, 5) is 22.1. The summed E-state index contributed by atoms with van der Waals surface area (Å²) in [5, 5.41) is 3.52. The number of fused-ring (bicyclic) bond motifs is 1. The van der Waals surface area contributed by atoms with Crippen molar-refractivity contribution in [1.82, 2.24) is 9.97 Å². The van der Waals surface area contributed by atoms with Gasteiger partial charge in [0.25, 0.3) is 5.91 Å². The van der Waals surface area contributed by atoms with E-state index in [4.69, 9.17) is 4.74 Å². The van der Waals surface area contributed by atoms with Crippen LogP contribution in [-0.4, -0.2) is 22.0 Å². The van der Waals surface area contributed by atoms with Crippen LogP contribution in [0.5, 0.6) is 5.75 Å². The lowest BCUT2D eigenvalue weighted by Gasteiger charge is -2.15. The molecule has 2 heterocycles. The summed E-state index contributed by atoms with van der Waals surface area (Å²) in [7, 11) is 0. The first-order chi connectivity index (χ1) is 14.0. The Morgan fingerprint density at radius 1 is 1.14 bits per heavy atom. The SMILES string of the molecule is CC(Oc1ccc(F)cc1F)C(=O)Nc1cccc(-c2nc3cccnc3s2)c1. The van der Waals surface area contributed by atoms with Crippen molar-refractivity contribution in [3.05, 3.63) is 72.4 Å². The summed E-state index contributed by atoms with van der Waals surface area (Å²) >= 11 is 1.46. The molecule has 0 spiro atoms. The summed E-state index contributed by atoms with van der Waals surface area (Å²) < 4.78 is 32.0. The van der Waals surface area contributed by atoms with E-state index < -0.39 is 23.6 Å². The third kappa shape index (κ3) is 4.22. The number of amides is 1. The maximum absolute atomic E-state index is 13.7. The summed E-state index contributed by atoms with van der Waals surface area (Å²) in [5.74, 6) is -2.23. The number of carbonyl (C=O) groups excluding carboxylic acids is 1. The van der Waals surface area contributed by atoms with Gasteiger partial charge in [0.2, 0.25) is 0 Å². The fourth-order valence-corrected chi connectivity index (χ4v) is 3.59. The zero-order chi connectivity index (χ0) is 20.4. The van der Waals surface area contributed by atoms with Gasteiger partial charge in [-0.3, -0.25) is 4.79 Å². The van der Waals surface area contributed by atoms with Gasteiger partial charge in [-0.05, 0) is 43.3 Å². The van der Waals surface area contributed by atoms with Crippen molar-refractivity contribution in [1.29, 1.82) is 0 Å². The van der Waals surface area contributed by atoms with Crippen LogP contribution in [0.15, 0.2) is 60.8 Å². The predicted octanol–water partition coefficient (Wildman–Crippen LogP) is 5.04. The lowest BCUT2D eigenvalue weighted by atomic mass is 10.2. The van der Waals surface area contributed by atoms with Gasteiger partial charge in [0.05, 0.1) is 0 Å². The van der Waals surface area contributed by atoms with E-state index in [1.807, 2.05) is 18.2 Å². The minimum atomic E-state index is -0.981. The van der Waals surface area contributed by atoms with Gasteiger partial charge in [-0.1, -0.05) is 23.5 Å². The van der Waals surface area contributed by atoms with E-state index in [1.54, 1.807) is 24.4 Å². The first kappa shape index (κ1) is 18.9. The van der Waals surface area contributed by atoms with Crippen molar-refractivity contribution in [2.75, 3.05) is 5.32 Å². The monoisotopic (exact) mass is 411 g/mol. The minimum absolute atomic E-state index is 0.190. The van der Waals surface area contributed by atoms with Gasteiger partial charge in [-0.25, -0.2) is 18.7 Å². The van der Waals surface area contributed by atoms with Crippen LogP contribution in [0.2, 0.25) is 0 Å². The van der Waals surface area contributed by atoms with E-state index in [-0.39, 0.29) is 5.75 Å². The van der Waals surface area contributed by atoms with E-state index in [1.165, 1.54) is 18.3 Å². The Kier molecular flexibility index (Phi) is 5.18. The fourth-order valence-electron chi connectivity index (χ4n) is 2.68. The number of hydrogen-bond acceptors (Lipinski definition) is 5. The molecular formula is C21H15F2N3O2S. The molecule has 0 aliphatic heterocycles. The Hall–Kier alpha value is -3.39. The Bertz CT molecular complexity index is 1160. The number of ether oxygens (including phenoxy) is 1. The zero-order valence-corrected chi connectivity index (χ0v) is 16.0. The number of carbonyl (C=O) groups is 1. The smallest absolute Gasteiger partial charge is 0.265 e. The number of hydrogen-bond donors (Lipinski definition) is 1. The second-order valence-electron chi connectivity index (χ2n) is 6.25. The fraction of sp³-hybridized carbons (Fsp3) is 0.0952. The quantitative estimate of drug-likeness (QED) is 0.500. The molecule has 0 aliphatic rings. The number of nitrogens with zero attached hydrogens (tertiary/aromatic N) is 2. The van der Waals surface area contributed by atoms with Crippen molar-refractivity contribution in [3.8, 4) is 16.3 Å². The molecule has 0 saturated heterocycles. The lowest BCUT2D eigenvalue weighted by Crippen LogP contribution is -2.30.